The van der Waals surface area contributed by atoms with Gasteiger partial charge in [-0.15, -0.1) is 0 Å². The molecule has 32 heavy (non-hydrogen) atoms. The number of pyridine rings is 1. The van der Waals surface area contributed by atoms with Crippen molar-refractivity contribution >= 4 is 16.7 Å². The molecule has 2 heterocycles. The van der Waals surface area contributed by atoms with Crippen LogP contribution in [0.1, 0.15) is 11.1 Å². The molecule has 5 nitrogen and oxygen atoms in total. The second-order valence-electron chi connectivity index (χ2n) is 8.10. The second-order valence-corrected chi connectivity index (χ2v) is 8.10. The van der Waals surface area contributed by atoms with Crippen LogP contribution in [0.25, 0.3) is 21.9 Å². The number of carbonyl (C=O) groups excluding carboxylic acids is 1. The summed E-state index contributed by atoms with van der Waals surface area (Å²) in [5.74, 6) is 0.936. The fraction of sp³-hybridized carbons (Fsp3) is 0.185. The quantitative estimate of drug-likeness (QED) is 0.499. The summed E-state index contributed by atoms with van der Waals surface area (Å²) in [4.78, 5) is 18.3. The predicted octanol–water partition coefficient (Wildman–Crippen LogP) is 4.41. The van der Waals surface area contributed by atoms with Gasteiger partial charge in [-0.25, -0.2) is 0 Å². The fourth-order valence-corrected chi connectivity index (χ4v) is 4.10. The van der Waals surface area contributed by atoms with E-state index in [1.54, 1.807) is 0 Å². The molecule has 1 aliphatic rings. The average Bonchev–Trinajstić information content (AvgIpc) is 2.83. The molecule has 1 saturated heterocycles. The van der Waals surface area contributed by atoms with Crippen LogP contribution in [0.5, 0.6) is 5.75 Å². The molecule has 1 N–H and O–H groups in total. The van der Waals surface area contributed by atoms with Crippen LogP contribution in [0.15, 0.2) is 85.2 Å². The van der Waals surface area contributed by atoms with Crippen LogP contribution in [-0.2, 0) is 17.9 Å². The molecule has 0 atom stereocenters. The second kappa shape index (κ2) is 9.20. The molecule has 0 spiro atoms. The van der Waals surface area contributed by atoms with Crippen molar-refractivity contribution in [1.82, 2.24) is 15.2 Å². The van der Waals surface area contributed by atoms with Crippen molar-refractivity contribution in [3.8, 4) is 16.9 Å². The SMILES string of the molecule is O=C1CN(Cc2ccc3cncc(-c4ccc(OCc5ccccc5)cc4)c3c2)CCN1. The molecule has 0 saturated carbocycles. The maximum atomic E-state index is 11.7. The number of aromatic nitrogens is 1. The van der Waals surface area contributed by atoms with Crippen LogP contribution < -0.4 is 10.1 Å². The van der Waals surface area contributed by atoms with Gasteiger partial charge >= 0.3 is 0 Å². The molecule has 1 fully saturated rings. The highest BCUT2D eigenvalue weighted by Gasteiger charge is 2.16. The standard InChI is InChI=1S/C27H25N3O2/c31-27-18-30(13-12-29-27)17-21-6-7-23-15-28-16-26(25(23)14-21)22-8-10-24(11-9-22)32-19-20-4-2-1-3-5-20/h1-11,14-16H,12-13,17-19H2,(H,29,31). The first kappa shape index (κ1) is 20.2. The summed E-state index contributed by atoms with van der Waals surface area (Å²) in [6, 6.07) is 24.8. The molecule has 4 aromatic rings. The van der Waals surface area contributed by atoms with Crippen molar-refractivity contribution in [2.75, 3.05) is 19.6 Å². The minimum Gasteiger partial charge on any atom is -0.489 e. The van der Waals surface area contributed by atoms with Crippen LogP contribution in [0.3, 0.4) is 0 Å². The van der Waals surface area contributed by atoms with E-state index in [2.05, 4.69) is 57.7 Å². The number of nitrogens with zero attached hydrogens (tertiary/aromatic N) is 2. The Morgan fingerprint density at radius 2 is 1.78 bits per heavy atom. The van der Waals surface area contributed by atoms with Gasteiger partial charge in [-0.05, 0) is 40.3 Å². The first-order chi connectivity index (χ1) is 15.7. The highest BCUT2D eigenvalue weighted by molar-refractivity contribution is 5.96. The van der Waals surface area contributed by atoms with Crippen molar-refractivity contribution in [2.45, 2.75) is 13.2 Å². The lowest BCUT2D eigenvalue weighted by molar-refractivity contribution is -0.124. The first-order valence-corrected chi connectivity index (χ1v) is 10.9. The summed E-state index contributed by atoms with van der Waals surface area (Å²) in [6.07, 6.45) is 3.81. The van der Waals surface area contributed by atoms with Gasteiger partial charge in [-0.2, -0.15) is 0 Å². The number of benzene rings is 3. The number of amides is 1. The Bertz CT molecular complexity index is 1220. The van der Waals surface area contributed by atoms with Gasteiger partial charge < -0.3 is 10.1 Å². The Labute approximate surface area is 187 Å². The molecule has 5 rings (SSSR count). The molecule has 1 amide bonds. The third kappa shape index (κ3) is 4.63. The molecule has 1 aliphatic heterocycles. The van der Waals surface area contributed by atoms with Gasteiger partial charge in [0.1, 0.15) is 12.4 Å². The normalized spacial score (nSPS) is 14.3. The number of hydrogen-bond acceptors (Lipinski definition) is 4. The predicted molar refractivity (Wildman–Crippen MR) is 126 cm³/mol. The smallest absolute Gasteiger partial charge is 0.234 e. The van der Waals surface area contributed by atoms with E-state index in [0.717, 1.165) is 46.3 Å². The van der Waals surface area contributed by atoms with E-state index in [-0.39, 0.29) is 5.91 Å². The van der Waals surface area contributed by atoms with Crippen LogP contribution in [0.2, 0.25) is 0 Å². The largest absolute Gasteiger partial charge is 0.489 e. The maximum absolute atomic E-state index is 11.7. The van der Waals surface area contributed by atoms with E-state index in [4.69, 9.17) is 4.74 Å². The maximum Gasteiger partial charge on any atom is 0.234 e. The molecular formula is C27H25N3O2. The number of fused-ring (bicyclic) bond motifs is 1. The molecule has 5 heteroatoms. The summed E-state index contributed by atoms with van der Waals surface area (Å²) in [5, 5.41) is 5.15. The van der Waals surface area contributed by atoms with Crippen LogP contribution in [-0.4, -0.2) is 35.4 Å². The summed E-state index contributed by atoms with van der Waals surface area (Å²) in [6.45, 7) is 3.34. The lowest BCUT2D eigenvalue weighted by Gasteiger charge is -2.26. The zero-order valence-corrected chi connectivity index (χ0v) is 17.8. The van der Waals surface area contributed by atoms with E-state index in [0.29, 0.717) is 19.7 Å². The van der Waals surface area contributed by atoms with E-state index in [1.165, 1.54) is 5.56 Å². The molecule has 0 unspecified atom stereocenters. The van der Waals surface area contributed by atoms with E-state index < -0.39 is 0 Å². The zero-order valence-electron chi connectivity index (χ0n) is 17.8. The zero-order chi connectivity index (χ0) is 21.8. The van der Waals surface area contributed by atoms with Crippen LogP contribution in [0.4, 0.5) is 0 Å². The van der Waals surface area contributed by atoms with Crippen molar-refractivity contribution in [3.05, 3.63) is 96.3 Å². The van der Waals surface area contributed by atoms with Gasteiger partial charge in [0.25, 0.3) is 0 Å². The third-order valence-electron chi connectivity index (χ3n) is 5.76. The summed E-state index contributed by atoms with van der Waals surface area (Å²) >= 11 is 0. The van der Waals surface area contributed by atoms with E-state index in [1.807, 2.05) is 42.7 Å². The topological polar surface area (TPSA) is 54.5 Å². The molecule has 0 radical (unpaired) electrons. The summed E-state index contributed by atoms with van der Waals surface area (Å²) < 4.78 is 5.93. The van der Waals surface area contributed by atoms with Gasteiger partial charge in [0, 0.05) is 43.0 Å². The van der Waals surface area contributed by atoms with E-state index in [9.17, 15) is 4.79 Å². The van der Waals surface area contributed by atoms with Crippen molar-refractivity contribution in [3.63, 3.8) is 0 Å². The molecule has 0 bridgehead atoms. The number of ether oxygens (including phenoxy) is 1. The Hall–Kier alpha value is -3.70. The Kier molecular flexibility index (Phi) is 5.81. The van der Waals surface area contributed by atoms with Gasteiger partial charge in [0.15, 0.2) is 0 Å². The highest BCUT2D eigenvalue weighted by Crippen LogP contribution is 2.30. The van der Waals surface area contributed by atoms with Gasteiger partial charge in [0.2, 0.25) is 5.91 Å². The third-order valence-corrected chi connectivity index (χ3v) is 5.76. The fourth-order valence-electron chi connectivity index (χ4n) is 4.10. The Morgan fingerprint density at radius 3 is 2.59 bits per heavy atom. The Balaban J connectivity index is 1.36. The number of carbonyl (C=O) groups is 1. The van der Waals surface area contributed by atoms with Gasteiger partial charge in [-0.3, -0.25) is 14.7 Å². The minimum absolute atomic E-state index is 0.0940. The number of rotatable bonds is 6. The first-order valence-electron chi connectivity index (χ1n) is 10.9. The number of nitrogens with one attached hydrogen (secondary N) is 1. The molecule has 3 aromatic carbocycles. The highest BCUT2D eigenvalue weighted by atomic mass is 16.5. The Morgan fingerprint density at radius 1 is 0.938 bits per heavy atom. The molecule has 1 aromatic heterocycles. The number of piperazine rings is 1. The average molecular weight is 424 g/mol. The van der Waals surface area contributed by atoms with Gasteiger partial charge in [0.05, 0.1) is 6.54 Å². The van der Waals surface area contributed by atoms with Crippen LogP contribution >= 0.6 is 0 Å². The molecular weight excluding hydrogens is 398 g/mol. The lowest BCUT2D eigenvalue weighted by atomic mass is 9.99. The minimum atomic E-state index is 0.0940. The van der Waals surface area contributed by atoms with Gasteiger partial charge in [-0.1, -0.05) is 54.6 Å². The molecule has 160 valence electrons. The summed E-state index contributed by atoms with van der Waals surface area (Å²) in [7, 11) is 0. The van der Waals surface area contributed by atoms with Crippen molar-refractivity contribution < 1.29 is 9.53 Å². The van der Waals surface area contributed by atoms with Crippen molar-refractivity contribution in [2.24, 2.45) is 0 Å². The molecule has 0 aliphatic carbocycles. The monoisotopic (exact) mass is 423 g/mol. The van der Waals surface area contributed by atoms with E-state index >= 15 is 0 Å². The number of hydrogen-bond donors (Lipinski definition) is 1. The summed E-state index contributed by atoms with van der Waals surface area (Å²) in [5.41, 5.74) is 4.54. The van der Waals surface area contributed by atoms with Crippen molar-refractivity contribution in [1.29, 1.82) is 0 Å². The lowest BCUT2D eigenvalue weighted by Crippen LogP contribution is -2.47. The van der Waals surface area contributed by atoms with Crippen LogP contribution in [0, 0.1) is 0 Å².